The molecular formula is C11H11N5O. The number of hydrogen-bond acceptors (Lipinski definition) is 3. The van der Waals surface area contributed by atoms with E-state index in [1.807, 2.05) is 6.19 Å². The molecule has 1 aromatic rings. The van der Waals surface area contributed by atoms with Gasteiger partial charge in [0.15, 0.2) is 6.19 Å². The van der Waals surface area contributed by atoms with Crippen molar-refractivity contribution in [1.82, 2.24) is 4.90 Å². The molecule has 0 heterocycles. The molecule has 86 valence electrons. The van der Waals surface area contributed by atoms with Crippen molar-refractivity contribution in [2.24, 2.45) is 5.11 Å². The Bertz CT molecular complexity index is 459. The fourth-order valence-corrected chi connectivity index (χ4v) is 1.28. The molecule has 0 aliphatic carbocycles. The molecule has 0 atom stereocenters. The van der Waals surface area contributed by atoms with Crippen molar-refractivity contribution < 1.29 is 4.79 Å². The third-order valence-electron chi connectivity index (χ3n) is 2.09. The van der Waals surface area contributed by atoms with Gasteiger partial charge in [0, 0.05) is 23.6 Å². The van der Waals surface area contributed by atoms with Gasteiger partial charge < -0.3 is 0 Å². The first-order chi connectivity index (χ1) is 8.29. The summed E-state index contributed by atoms with van der Waals surface area (Å²) in [6, 6.07) is 8.58. The number of azide groups is 1. The molecule has 0 saturated carbocycles. The Labute approximate surface area is 98.7 Å². The van der Waals surface area contributed by atoms with Gasteiger partial charge in [-0.15, -0.1) is 0 Å². The van der Waals surface area contributed by atoms with Crippen molar-refractivity contribution in [2.45, 2.75) is 6.42 Å². The average molecular weight is 229 g/mol. The molecule has 0 spiro atoms. The average Bonchev–Trinajstić information content (AvgIpc) is 2.39. The van der Waals surface area contributed by atoms with Gasteiger partial charge >= 0.3 is 0 Å². The minimum atomic E-state index is -0.339. The molecule has 0 aliphatic heterocycles. The van der Waals surface area contributed by atoms with Gasteiger partial charge in [-0.2, -0.15) is 5.26 Å². The van der Waals surface area contributed by atoms with E-state index in [0.717, 1.165) is 4.90 Å². The van der Waals surface area contributed by atoms with Gasteiger partial charge in [0.1, 0.15) is 0 Å². The van der Waals surface area contributed by atoms with E-state index < -0.39 is 0 Å². The van der Waals surface area contributed by atoms with E-state index in [-0.39, 0.29) is 19.0 Å². The van der Waals surface area contributed by atoms with Gasteiger partial charge in [-0.1, -0.05) is 23.3 Å². The highest BCUT2D eigenvalue weighted by atomic mass is 16.2. The molecule has 6 nitrogen and oxygen atoms in total. The van der Waals surface area contributed by atoms with Crippen LogP contribution in [-0.4, -0.2) is 23.9 Å². The minimum Gasteiger partial charge on any atom is -0.268 e. The van der Waals surface area contributed by atoms with Crippen LogP contribution in [0.4, 0.5) is 0 Å². The van der Waals surface area contributed by atoms with Gasteiger partial charge in [-0.25, -0.2) is 4.90 Å². The summed E-state index contributed by atoms with van der Waals surface area (Å²) < 4.78 is 0. The summed E-state index contributed by atoms with van der Waals surface area (Å²) >= 11 is 0. The van der Waals surface area contributed by atoms with Crippen molar-refractivity contribution in [3.05, 3.63) is 46.3 Å². The van der Waals surface area contributed by atoms with Crippen LogP contribution in [0, 0.1) is 11.5 Å². The van der Waals surface area contributed by atoms with Crippen LogP contribution < -0.4 is 0 Å². The van der Waals surface area contributed by atoms with E-state index in [0.29, 0.717) is 12.0 Å². The largest absolute Gasteiger partial charge is 0.268 e. The first-order valence-corrected chi connectivity index (χ1v) is 5.07. The zero-order valence-corrected chi connectivity index (χ0v) is 9.15. The summed E-state index contributed by atoms with van der Waals surface area (Å²) in [6.45, 7) is 0.528. The number of carbonyl (C=O) groups excluding carboxylic acids is 1. The lowest BCUT2D eigenvalue weighted by Gasteiger charge is -2.12. The fraction of sp³-hybridized carbons (Fsp3) is 0.273. The number of hydrogen-bond donors (Lipinski definition) is 0. The molecule has 17 heavy (non-hydrogen) atoms. The second-order valence-electron chi connectivity index (χ2n) is 3.23. The maximum atomic E-state index is 11.8. The zero-order valence-electron chi connectivity index (χ0n) is 9.15. The van der Waals surface area contributed by atoms with Gasteiger partial charge in [0.2, 0.25) is 0 Å². The Balaban J connectivity index is 2.59. The Kier molecular flexibility index (Phi) is 5.08. The SMILES string of the molecule is N#CN(CCCN=[N+]=[N-])C(=O)c1ccccc1. The third kappa shape index (κ3) is 3.86. The molecule has 0 bridgehead atoms. The standard InChI is InChI=1S/C11H11N5O/c12-9-16(8-4-7-14-15-13)11(17)10-5-2-1-3-6-10/h1-3,5-6H,4,7-8H2. The number of nitrogens with zero attached hydrogens (tertiary/aromatic N) is 5. The highest BCUT2D eigenvalue weighted by Crippen LogP contribution is 2.04. The van der Waals surface area contributed by atoms with Gasteiger partial charge in [0.25, 0.3) is 5.91 Å². The number of carbonyl (C=O) groups is 1. The van der Waals surface area contributed by atoms with Gasteiger partial charge in [0.05, 0.1) is 0 Å². The quantitative estimate of drug-likeness (QED) is 0.193. The lowest BCUT2D eigenvalue weighted by Crippen LogP contribution is -2.27. The van der Waals surface area contributed by atoms with Crippen molar-refractivity contribution in [1.29, 1.82) is 5.26 Å². The summed E-state index contributed by atoms with van der Waals surface area (Å²) in [5.74, 6) is -0.339. The molecule has 0 N–H and O–H groups in total. The van der Waals surface area contributed by atoms with E-state index in [4.69, 9.17) is 10.8 Å². The Morgan fingerprint density at radius 3 is 2.76 bits per heavy atom. The maximum absolute atomic E-state index is 11.8. The Morgan fingerprint density at radius 1 is 1.47 bits per heavy atom. The van der Waals surface area contributed by atoms with Crippen molar-refractivity contribution >= 4 is 5.91 Å². The molecule has 0 aromatic heterocycles. The number of nitriles is 1. The van der Waals surface area contributed by atoms with Crippen LogP contribution in [0.25, 0.3) is 10.4 Å². The summed E-state index contributed by atoms with van der Waals surface area (Å²) in [5, 5.41) is 12.2. The van der Waals surface area contributed by atoms with Crippen LogP contribution in [0.2, 0.25) is 0 Å². The number of amides is 1. The molecule has 0 aliphatic rings. The molecule has 1 amide bonds. The highest BCUT2D eigenvalue weighted by molar-refractivity contribution is 5.95. The first kappa shape index (κ1) is 12.6. The van der Waals surface area contributed by atoms with Crippen LogP contribution in [0.1, 0.15) is 16.8 Å². The van der Waals surface area contributed by atoms with Crippen LogP contribution in [0.5, 0.6) is 0 Å². The van der Waals surface area contributed by atoms with E-state index >= 15 is 0 Å². The van der Waals surface area contributed by atoms with Crippen LogP contribution >= 0.6 is 0 Å². The summed E-state index contributed by atoms with van der Waals surface area (Å²) in [4.78, 5) is 15.5. The first-order valence-electron chi connectivity index (χ1n) is 5.07. The smallest absolute Gasteiger partial charge is 0.266 e. The van der Waals surface area contributed by atoms with E-state index in [9.17, 15) is 4.79 Å². The third-order valence-corrected chi connectivity index (χ3v) is 2.09. The van der Waals surface area contributed by atoms with Crippen LogP contribution in [0.15, 0.2) is 35.4 Å². The summed E-state index contributed by atoms with van der Waals surface area (Å²) in [5.41, 5.74) is 8.56. The van der Waals surface area contributed by atoms with E-state index in [1.54, 1.807) is 30.3 Å². The topological polar surface area (TPSA) is 92.9 Å². The number of benzene rings is 1. The zero-order chi connectivity index (χ0) is 12.5. The van der Waals surface area contributed by atoms with E-state index in [1.165, 1.54) is 0 Å². The summed E-state index contributed by atoms with van der Waals surface area (Å²) in [6.07, 6.45) is 2.29. The molecule has 1 rings (SSSR count). The van der Waals surface area contributed by atoms with E-state index in [2.05, 4.69) is 10.0 Å². The Morgan fingerprint density at radius 2 is 2.18 bits per heavy atom. The lowest BCUT2D eigenvalue weighted by molar-refractivity contribution is 0.0831. The van der Waals surface area contributed by atoms with Crippen molar-refractivity contribution in [2.75, 3.05) is 13.1 Å². The maximum Gasteiger partial charge on any atom is 0.266 e. The minimum absolute atomic E-state index is 0.253. The second kappa shape index (κ2) is 6.88. The van der Waals surface area contributed by atoms with Crippen molar-refractivity contribution in [3.63, 3.8) is 0 Å². The summed E-state index contributed by atoms with van der Waals surface area (Å²) in [7, 11) is 0. The van der Waals surface area contributed by atoms with Crippen LogP contribution in [0.3, 0.4) is 0 Å². The fourth-order valence-electron chi connectivity index (χ4n) is 1.28. The van der Waals surface area contributed by atoms with Crippen molar-refractivity contribution in [3.8, 4) is 6.19 Å². The van der Waals surface area contributed by atoms with Crippen LogP contribution in [-0.2, 0) is 0 Å². The lowest BCUT2D eigenvalue weighted by atomic mass is 10.2. The normalized spacial score (nSPS) is 8.88. The second-order valence-corrected chi connectivity index (χ2v) is 3.23. The monoisotopic (exact) mass is 229 g/mol. The number of rotatable bonds is 5. The molecule has 6 heteroatoms. The Hall–Kier alpha value is -2.51. The molecular weight excluding hydrogens is 218 g/mol. The molecule has 0 radical (unpaired) electrons. The highest BCUT2D eigenvalue weighted by Gasteiger charge is 2.13. The van der Waals surface area contributed by atoms with Gasteiger partial charge in [-0.3, -0.25) is 4.79 Å². The molecule has 0 fully saturated rings. The molecule has 1 aromatic carbocycles. The predicted molar refractivity (Wildman–Crippen MR) is 61.7 cm³/mol. The molecule has 0 saturated heterocycles. The molecule has 0 unspecified atom stereocenters. The predicted octanol–water partition coefficient (Wildman–Crippen LogP) is 2.31. The van der Waals surface area contributed by atoms with Gasteiger partial charge in [-0.05, 0) is 24.1 Å².